The Morgan fingerprint density at radius 3 is 2.54 bits per heavy atom. The zero-order chi connectivity index (χ0) is 19.3. The van der Waals surface area contributed by atoms with Crippen molar-refractivity contribution in [1.29, 1.82) is 0 Å². The second kappa shape index (κ2) is 9.00. The Morgan fingerprint density at radius 2 is 1.88 bits per heavy atom. The van der Waals surface area contributed by atoms with Gasteiger partial charge in [0.1, 0.15) is 5.82 Å². The number of nitrogens with one attached hydrogen (secondary N) is 1. The highest BCUT2D eigenvalue weighted by atomic mass is 79.9. The number of nitrogens with zero attached hydrogens (tertiary/aromatic N) is 1. The van der Waals surface area contributed by atoms with Gasteiger partial charge in [0.15, 0.2) is 11.5 Å². The highest BCUT2D eigenvalue weighted by molar-refractivity contribution is 9.10. The molecular weight excluding hydrogens is 403 g/mol. The molecule has 0 saturated carbocycles. The molecule has 1 unspecified atom stereocenters. The third-order valence-corrected chi connectivity index (χ3v) is 4.61. The van der Waals surface area contributed by atoms with E-state index in [1.54, 1.807) is 56.3 Å². The van der Waals surface area contributed by atoms with Gasteiger partial charge < -0.3 is 14.8 Å². The van der Waals surface area contributed by atoms with Gasteiger partial charge in [-0.25, -0.2) is 4.39 Å². The minimum Gasteiger partial charge on any atom is -0.493 e. The zero-order valence-corrected chi connectivity index (χ0v) is 16.8. The molecule has 5 nitrogen and oxygen atoms in total. The van der Waals surface area contributed by atoms with E-state index >= 15 is 0 Å². The highest BCUT2D eigenvalue weighted by Crippen LogP contribution is 2.29. The molecule has 1 atom stereocenters. The summed E-state index contributed by atoms with van der Waals surface area (Å²) in [6.45, 7) is 2.08. The molecule has 1 amide bonds. The maximum atomic E-state index is 13.9. The lowest BCUT2D eigenvalue weighted by atomic mass is 10.1. The summed E-state index contributed by atoms with van der Waals surface area (Å²) in [5.41, 5.74) is 1.12. The molecule has 0 aliphatic carbocycles. The predicted molar refractivity (Wildman–Crippen MR) is 103 cm³/mol. The zero-order valence-electron chi connectivity index (χ0n) is 15.2. The quantitative estimate of drug-likeness (QED) is 0.727. The van der Waals surface area contributed by atoms with Crippen LogP contribution in [0.5, 0.6) is 11.5 Å². The summed E-state index contributed by atoms with van der Waals surface area (Å²) in [4.78, 5) is 14.3. The number of carbonyl (C=O) groups excluding carboxylic acids is 1. The van der Waals surface area contributed by atoms with E-state index in [1.807, 2.05) is 0 Å². The highest BCUT2D eigenvalue weighted by Gasteiger charge is 2.20. The van der Waals surface area contributed by atoms with Crippen molar-refractivity contribution in [3.05, 3.63) is 52.3 Å². The van der Waals surface area contributed by atoms with Crippen LogP contribution >= 0.6 is 15.9 Å². The van der Waals surface area contributed by atoms with Crippen LogP contribution < -0.4 is 14.8 Å². The van der Waals surface area contributed by atoms with E-state index in [0.29, 0.717) is 29.3 Å². The van der Waals surface area contributed by atoms with Crippen molar-refractivity contribution in [3.8, 4) is 11.5 Å². The molecule has 0 bridgehead atoms. The summed E-state index contributed by atoms with van der Waals surface area (Å²) in [5.74, 6) is 0.617. The van der Waals surface area contributed by atoms with Gasteiger partial charge in [0.2, 0.25) is 5.91 Å². The Bertz CT molecular complexity index is 785. The fraction of sp³-hybridized carbons (Fsp3) is 0.316. The first kappa shape index (κ1) is 20.2. The summed E-state index contributed by atoms with van der Waals surface area (Å²) in [6, 6.07) is 9.46. The SMILES string of the molecule is COc1ccc(NC(=O)C(C)N(C)Cc2cc(Br)ccc2F)cc1OC. The van der Waals surface area contributed by atoms with Crippen LogP contribution in [0.25, 0.3) is 0 Å². The third kappa shape index (κ3) is 4.95. The summed E-state index contributed by atoms with van der Waals surface area (Å²) < 4.78 is 25.1. The average molecular weight is 425 g/mol. The molecule has 2 rings (SSSR count). The van der Waals surface area contributed by atoms with Crippen molar-refractivity contribution in [1.82, 2.24) is 4.90 Å². The number of hydrogen-bond donors (Lipinski definition) is 1. The van der Waals surface area contributed by atoms with Crippen LogP contribution in [0.3, 0.4) is 0 Å². The smallest absolute Gasteiger partial charge is 0.241 e. The van der Waals surface area contributed by atoms with Crippen LogP contribution in [0, 0.1) is 5.82 Å². The molecule has 0 aliphatic rings. The van der Waals surface area contributed by atoms with Gasteiger partial charge in [0, 0.05) is 28.3 Å². The van der Waals surface area contributed by atoms with Crippen molar-refractivity contribution in [3.63, 3.8) is 0 Å². The van der Waals surface area contributed by atoms with Crippen molar-refractivity contribution in [2.75, 3.05) is 26.6 Å². The van der Waals surface area contributed by atoms with Gasteiger partial charge in [-0.3, -0.25) is 9.69 Å². The standard InChI is InChI=1S/C19H22BrFN2O3/c1-12(23(2)11-13-9-14(20)5-7-16(13)21)19(24)22-15-6-8-17(25-3)18(10-15)26-4/h5-10,12H,11H2,1-4H3,(H,22,24). The Kier molecular flexibility index (Phi) is 6.99. The Morgan fingerprint density at radius 1 is 1.19 bits per heavy atom. The number of hydrogen-bond acceptors (Lipinski definition) is 4. The molecule has 0 heterocycles. The Labute approximate surface area is 161 Å². The topological polar surface area (TPSA) is 50.8 Å². The van der Waals surface area contributed by atoms with Crippen molar-refractivity contribution < 1.29 is 18.7 Å². The molecule has 0 spiro atoms. The number of rotatable bonds is 7. The molecule has 1 N–H and O–H groups in total. The van der Waals surface area contributed by atoms with Crippen molar-refractivity contribution in [2.24, 2.45) is 0 Å². The Hall–Kier alpha value is -2.12. The maximum Gasteiger partial charge on any atom is 0.241 e. The number of carbonyl (C=O) groups is 1. The second-order valence-corrected chi connectivity index (χ2v) is 6.80. The van der Waals surface area contributed by atoms with E-state index in [9.17, 15) is 9.18 Å². The number of methoxy groups -OCH3 is 2. The number of benzene rings is 2. The maximum absolute atomic E-state index is 13.9. The van der Waals surface area contributed by atoms with Gasteiger partial charge >= 0.3 is 0 Å². The van der Waals surface area contributed by atoms with Crippen molar-refractivity contribution >= 4 is 27.5 Å². The van der Waals surface area contributed by atoms with E-state index in [-0.39, 0.29) is 11.7 Å². The van der Waals surface area contributed by atoms with Gasteiger partial charge in [0.25, 0.3) is 0 Å². The van der Waals surface area contributed by atoms with Crippen LogP contribution in [0.15, 0.2) is 40.9 Å². The van der Waals surface area contributed by atoms with Crippen LogP contribution in [0.2, 0.25) is 0 Å². The number of anilines is 1. The molecule has 0 radical (unpaired) electrons. The van der Waals surface area contributed by atoms with Gasteiger partial charge in [-0.2, -0.15) is 0 Å². The molecule has 7 heteroatoms. The minimum atomic E-state index is -0.457. The van der Waals surface area contributed by atoms with Crippen molar-refractivity contribution in [2.45, 2.75) is 19.5 Å². The number of ether oxygens (including phenoxy) is 2. The predicted octanol–water partition coefficient (Wildman–Crippen LogP) is 4.06. The van der Waals surface area contributed by atoms with E-state index in [1.165, 1.54) is 13.2 Å². The van der Waals surface area contributed by atoms with Gasteiger partial charge in [-0.1, -0.05) is 15.9 Å². The number of amides is 1. The van der Waals surface area contributed by atoms with Gasteiger partial charge in [-0.05, 0) is 44.3 Å². The molecule has 2 aromatic carbocycles. The third-order valence-electron chi connectivity index (χ3n) is 4.12. The lowest BCUT2D eigenvalue weighted by molar-refractivity contribution is -0.120. The molecule has 26 heavy (non-hydrogen) atoms. The molecule has 0 saturated heterocycles. The van der Waals surface area contributed by atoms with E-state index < -0.39 is 6.04 Å². The minimum absolute atomic E-state index is 0.199. The van der Waals surface area contributed by atoms with E-state index in [2.05, 4.69) is 21.2 Å². The van der Waals surface area contributed by atoms with Crippen LogP contribution in [0.1, 0.15) is 12.5 Å². The lowest BCUT2D eigenvalue weighted by Crippen LogP contribution is -2.39. The van der Waals surface area contributed by atoms with E-state index in [0.717, 1.165) is 4.47 Å². The first-order chi connectivity index (χ1) is 12.3. The summed E-state index contributed by atoms with van der Waals surface area (Å²) in [7, 11) is 4.86. The first-order valence-corrected chi connectivity index (χ1v) is 8.82. The molecule has 2 aromatic rings. The lowest BCUT2D eigenvalue weighted by Gasteiger charge is -2.24. The van der Waals surface area contributed by atoms with E-state index in [4.69, 9.17) is 9.47 Å². The summed E-state index contributed by atoms with van der Waals surface area (Å²) >= 11 is 3.34. The number of halogens is 2. The Balaban J connectivity index is 2.05. The molecular formula is C19H22BrFN2O3. The molecule has 0 aliphatic heterocycles. The largest absolute Gasteiger partial charge is 0.493 e. The first-order valence-electron chi connectivity index (χ1n) is 8.02. The number of likely N-dealkylation sites (N-methyl/N-ethyl adjacent to an activating group) is 1. The van der Waals surface area contributed by atoms with Crippen LogP contribution in [-0.4, -0.2) is 38.1 Å². The summed E-state index contributed by atoms with van der Waals surface area (Å²) in [5, 5.41) is 2.84. The molecule has 0 aromatic heterocycles. The summed E-state index contributed by atoms with van der Waals surface area (Å²) in [6.07, 6.45) is 0. The van der Waals surface area contributed by atoms with Gasteiger partial charge in [0.05, 0.1) is 20.3 Å². The van der Waals surface area contributed by atoms with Gasteiger partial charge in [-0.15, -0.1) is 0 Å². The average Bonchev–Trinajstić information content (AvgIpc) is 2.63. The fourth-order valence-electron chi connectivity index (χ4n) is 2.43. The van der Waals surface area contributed by atoms with Crippen LogP contribution in [0.4, 0.5) is 10.1 Å². The normalized spacial score (nSPS) is 12.0. The fourth-order valence-corrected chi connectivity index (χ4v) is 2.84. The van der Waals surface area contributed by atoms with Crippen LogP contribution in [-0.2, 0) is 11.3 Å². The monoisotopic (exact) mass is 424 g/mol. The molecule has 140 valence electrons. The second-order valence-electron chi connectivity index (χ2n) is 5.89. The molecule has 0 fully saturated rings.